The van der Waals surface area contributed by atoms with E-state index in [0.29, 0.717) is 6.04 Å². The number of carbonyl (C=O) groups is 1. The molecule has 0 aromatic heterocycles. The molecule has 0 spiro atoms. The van der Waals surface area contributed by atoms with Crippen LogP contribution in [0.15, 0.2) is 0 Å². The first kappa shape index (κ1) is 14.6. The van der Waals surface area contributed by atoms with Crippen LogP contribution in [0.2, 0.25) is 0 Å². The molecule has 2 aliphatic heterocycles. The normalized spacial score (nSPS) is 25.6. The summed E-state index contributed by atoms with van der Waals surface area (Å²) >= 11 is 0. The van der Waals surface area contributed by atoms with Crippen molar-refractivity contribution in [2.45, 2.75) is 64.5 Å². The molecular weight excluding hydrogens is 238 g/mol. The van der Waals surface area contributed by atoms with Crippen LogP contribution >= 0.6 is 0 Å². The number of nitrogens with zero attached hydrogens (tertiary/aromatic N) is 2. The van der Waals surface area contributed by atoms with Crippen molar-refractivity contribution < 1.29 is 4.79 Å². The van der Waals surface area contributed by atoms with Gasteiger partial charge in [0.05, 0.1) is 0 Å². The smallest absolute Gasteiger partial charge is 0.317 e. The molecule has 4 nitrogen and oxygen atoms in total. The van der Waals surface area contributed by atoms with Crippen LogP contribution < -0.4 is 5.32 Å². The minimum Gasteiger partial charge on any atom is -0.336 e. The second kappa shape index (κ2) is 7.13. The van der Waals surface area contributed by atoms with E-state index in [4.69, 9.17) is 0 Å². The van der Waals surface area contributed by atoms with E-state index in [0.717, 1.165) is 19.5 Å². The van der Waals surface area contributed by atoms with Gasteiger partial charge in [-0.3, -0.25) is 0 Å². The number of nitrogens with one attached hydrogen (secondary N) is 1. The Hall–Kier alpha value is -0.770. The van der Waals surface area contributed by atoms with Crippen molar-refractivity contribution in [3.8, 4) is 0 Å². The average molecular weight is 267 g/mol. The molecular formula is C15H29N3O. The maximum Gasteiger partial charge on any atom is 0.317 e. The van der Waals surface area contributed by atoms with Crippen LogP contribution in [0, 0.1) is 0 Å². The van der Waals surface area contributed by atoms with Crippen LogP contribution in [-0.4, -0.2) is 54.1 Å². The van der Waals surface area contributed by atoms with Gasteiger partial charge in [0.1, 0.15) is 0 Å². The molecule has 2 aliphatic rings. The average Bonchev–Trinajstić information content (AvgIpc) is 2.73. The number of hydrogen-bond acceptors (Lipinski definition) is 2. The monoisotopic (exact) mass is 267 g/mol. The van der Waals surface area contributed by atoms with Gasteiger partial charge in [0, 0.05) is 25.2 Å². The van der Waals surface area contributed by atoms with Gasteiger partial charge in [-0.25, -0.2) is 4.79 Å². The van der Waals surface area contributed by atoms with Crippen LogP contribution in [0.3, 0.4) is 0 Å². The van der Waals surface area contributed by atoms with Crippen LogP contribution in [-0.2, 0) is 0 Å². The van der Waals surface area contributed by atoms with Crippen molar-refractivity contribution in [3.63, 3.8) is 0 Å². The lowest BCUT2D eigenvalue weighted by atomic mass is 10.1. The molecule has 1 atom stereocenters. The summed E-state index contributed by atoms with van der Waals surface area (Å²) in [5.74, 6) is 0. The fourth-order valence-electron chi connectivity index (χ4n) is 3.23. The van der Waals surface area contributed by atoms with E-state index in [1.807, 2.05) is 13.8 Å². The molecule has 2 amide bonds. The van der Waals surface area contributed by atoms with Gasteiger partial charge in [0.15, 0.2) is 0 Å². The fourth-order valence-corrected chi connectivity index (χ4v) is 3.23. The van der Waals surface area contributed by atoms with Crippen molar-refractivity contribution in [2.75, 3.05) is 26.2 Å². The Labute approximate surface area is 117 Å². The highest BCUT2D eigenvalue weighted by atomic mass is 16.2. The Bertz CT molecular complexity index is 287. The van der Waals surface area contributed by atoms with E-state index in [9.17, 15) is 4.79 Å². The summed E-state index contributed by atoms with van der Waals surface area (Å²) in [5.41, 5.74) is 0. The fraction of sp³-hybridized carbons (Fsp3) is 0.933. The summed E-state index contributed by atoms with van der Waals surface area (Å²) in [5, 5.41) is 3.06. The van der Waals surface area contributed by atoms with Gasteiger partial charge in [0.2, 0.25) is 0 Å². The van der Waals surface area contributed by atoms with Gasteiger partial charge in [-0.05, 0) is 52.6 Å². The van der Waals surface area contributed by atoms with Crippen molar-refractivity contribution in [1.82, 2.24) is 15.1 Å². The first-order valence-electron chi connectivity index (χ1n) is 7.96. The number of amides is 2. The van der Waals surface area contributed by atoms with Gasteiger partial charge in [-0.15, -0.1) is 0 Å². The molecule has 2 rings (SSSR count). The molecule has 4 heteroatoms. The molecule has 0 aromatic rings. The maximum absolute atomic E-state index is 12.3. The Kier molecular flexibility index (Phi) is 5.49. The maximum atomic E-state index is 12.3. The predicted octanol–water partition coefficient (Wildman–Crippen LogP) is 2.44. The third-order valence-corrected chi connectivity index (χ3v) is 4.22. The minimum atomic E-state index is 0.140. The van der Waals surface area contributed by atoms with Crippen LogP contribution in [0.4, 0.5) is 4.79 Å². The Morgan fingerprint density at radius 2 is 1.79 bits per heavy atom. The first-order chi connectivity index (χ1) is 9.16. The second-order valence-electron chi connectivity index (χ2n) is 6.31. The van der Waals surface area contributed by atoms with Crippen molar-refractivity contribution in [1.29, 1.82) is 0 Å². The van der Waals surface area contributed by atoms with Gasteiger partial charge in [-0.1, -0.05) is 12.8 Å². The topological polar surface area (TPSA) is 35.6 Å². The zero-order valence-corrected chi connectivity index (χ0v) is 12.5. The number of rotatable bonds is 3. The minimum absolute atomic E-state index is 0.140. The zero-order valence-electron chi connectivity index (χ0n) is 12.5. The second-order valence-corrected chi connectivity index (χ2v) is 6.31. The molecule has 0 bridgehead atoms. The highest BCUT2D eigenvalue weighted by Gasteiger charge is 2.28. The van der Waals surface area contributed by atoms with Crippen LogP contribution in [0.1, 0.15) is 52.4 Å². The van der Waals surface area contributed by atoms with Crippen LogP contribution in [0.5, 0.6) is 0 Å². The van der Waals surface area contributed by atoms with Crippen molar-refractivity contribution >= 4 is 6.03 Å². The van der Waals surface area contributed by atoms with Gasteiger partial charge in [-0.2, -0.15) is 0 Å². The molecule has 0 aromatic carbocycles. The van der Waals surface area contributed by atoms with E-state index in [-0.39, 0.29) is 12.1 Å². The predicted molar refractivity (Wildman–Crippen MR) is 78.3 cm³/mol. The molecule has 0 radical (unpaired) electrons. The molecule has 19 heavy (non-hydrogen) atoms. The summed E-state index contributed by atoms with van der Waals surface area (Å²) in [6.07, 6.45) is 7.51. The van der Waals surface area contributed by atoms with E-state index < -0.39 is 0 Å². The summed E-state index contributed by atoms with van der Waals surface area (Å²) in [4.78, 5) is 17.0. The Morgan fingerprint density at radius 1 is 1.11 bits per heavy atom. The molecule has 1 N–H and O–H groups in total. The molecule has 0 aliphatic carbocycles. The molecule has 2 heterocycles. The standard InChI is InChI=1S/C15H29N3O/c1-13(2)16-15(19)18-11-5-3-4-8-14(18)12-17-9-6-7-10-17/h13-14H,3-12H2,1-2H3,(H,16,19). The van der Waals surface area contributed by atoms with E-state index in [1.54, 1.807) is 0 Å². The Morgan fingerprint density at radius 3 is 2.47 bits per heavy atom. The third kappa shape index (κ3) is 4.37. The van der Waals surface area contributed by atoms with Crippen LogP contribution in [0.25, 0.3) is 0 Å². The van der Waals surface area contributed by atoms with E-state index >= 15 is 0 Å². The summed E-state index contributed by atoms with van der Waals surface area (Å²) in [6, 6.07) is 0.781. The molecule has 2 saturated heterocycles. The highest BCUT2D eigenvalue weighted by molar-refractivity contribution is 5.74. The molecule has 2 fully saturated rings. The summed E-state index contributed by atoms with van der Waals surface area (Å²) in [6.45, 7) is 8.51. The highest BCUT2D eigenvalue weighted by Crippen LogP contribution is 2.20. The van der Waals surface area contributed by atoms with E-state index in [1.165, 1.54) is 45.2 Å². The quantitative estimate of drug-likeness (QED) is 0.852. The van der Waals surface area contributed by atoms with Gasteiger partial charge < -0.3 is 15.1 Å². The number of hydrogen-bond donors (Lipinski definition) is 1. The lowest BCUT2D eigenvalue weighted by molar-refractivity contribution is 0.151. The number of urea groups is 1. The third-order valence-electron chi connectivity index (χ3n) is 4.22. The lowest BCUT2D eigenvalue weighted by Crippen LogP contribution is -2.51. The summed E-state index contributed by atoms with van der Waals surface area (Å²) in [7, 11) is 0. The van der Waals surface area contributed by atoms with Crippen molar-refractivity contribution in [2.24, 2.45) is 0 Å². The van der Waals surface area contributed by atoms with E-state index in [2.05, 4.69) is 15.1 Å². The number of likely N-dealkylation sites (tertiary alicyclic amines) is 2. The van der Waals surface area contributed by atoms with Gasteiger partial charge >= 0.3 is 6.03 Å². The largest absolute Gasteiger partial charge is 0.336 e. The molecule has 110 valence electrons. The molecule has 1 unspecified atom stereocenters. The zero-order chi connectivity index (χ0) is 13.7. The number of carbonyl (C=O) groups excluding carboxylic acids is 1. The van der Waals surface area contributed by atoms with Crippen molar-refractivity contribution in [3.05, 3.63) is 0 Å². The Balaban J connectivity index is 1.95. The first-order valence-corrected chi connectivity index (χ1v) is 7.96. The lowest BCUT2D eigenvalue weighted by Gasteiger charge is -2.33. The molecule has 0 saturated carbocycles. The SMILES string of the molecule is CC(C)NC(=O)N1CCCCCC1CN1CCCC1. The van der Waals surface area contributed by atoms with Gasteiger partial charge in [0.25, 0.3) is 0 Å². The summed E-state index contributed by atoms with van der Waals surface area (Å²) < 4.78 is 0.